The van der Waals surface area contributed by atoms with Gasteiger partial charge in [0.1, 0.15) is 6.04 Å². The minimum atomic E-state index is -0.661. The Morgan fingerprint density at radius 3 is 2.19 bits per heavy atom. The van der Waals surface area contributed by atoms with E-state index in [1.807, 2.05) is 49.4 Å². The van der Waals surface area contributed by atoms with E-state index >= 15 is 0 Å². The second-order valence-electron chi connectivity index (χ2n) is 8.34. The predicted molar refractivity (Wildman–Crippen MR) is 152 cm³/mol. The lowest BCUT2D eigenvalue weighted by molar-refractivity contribution is -0.139. The van der Waals surface area contributed by atoms with Crippen molar-refractivity contribution in [1.82, 2.24) is 10.2 Å². The van der Waals surface area contributed by atoms with Crippen LogP contribution in [0.25, 0.3) is 0 Å². The number of carbonyl (C=O) groups excluding carboxylic acids is 2. The fourth-order valence-corrected chi connectivity index (χ4v) is 5.47. The number of nitrogens with zero attached hydrogens (tertiary/aromatic N) is 1. The van der Waals surface area contributed by atoms with Gasteiger partial charge in [0.05, 0.1) is 5.75 Å². The molecule has 0 fully saturated rings. The molecule has 190 valence electrons. The Hall–Kier alpha value is -2.18. The Morgan fingerprint density at radius 1 is 0.889 bits per heavy atom. The van der Waals surface area contributed by atoms with Crippen LogP contribution in [-0.4, -0.2) is 35.1 Å². The Balaban J connectivity index is 1.84. The van der Waals surface area contributed by atoms with Gasteiger partial charge in [0.2, 0.25) is 11.8 Å². The molecule has 0 unspecified atom stereocenters. The molecule has 0 bridgehead atoms. The third kappa shape index (κ3) is 8.45. The van der Waals surface area contributed by atoms with Crippen molar-refractivity contribution in [2.45, 2.75) is 38.1 Å². The number of halogens is 3. The molecule has 0 aliphatic carbocycles. The minimum absolute atomic E-state index is 0.134. The van der Waals surface area contributed by atoms with Crippen molar-refractivity contribution >= 4 is 58.4 Å². The maximum Gasteiger partial charge on any atom is 0.243 e. The molecule has 36 heavy (non-hydrogen) atoms. The predicted octanol–water partition coefficient (Wildman–Crippen LogP) is 7.05. The van der Waals surface area contributed by atoms with Crippen LogP contribution in [0.4, 0.5) is 0 Å². The quantitative estimate of drug-likeness (QED) is 0.257. The van der Waals surface area contributed by atoms with Gasteiger partial charge in [0, 0.05) is 40.3 Å². The Bertz CT molecular complexity index is 1120. The summed E-state index contributed by atoms with van der Waals surface area (Å²) in [6, 6.07) is 21.8. The van der Waals surface area contributed by atoms with Crippen LogP contribution in [0.1, 0.15) is 30.0 Å². The second-order valence-corrected chi connectivity index (χ2v) is 10.6. The zero-order valence-corrected chi connectivity index (χ0v) is 23.1. The maximum atomic E-state index is 13.6. The second kappa shape index (κ2) is 14.5. The zero-order chi connectivity index (χ0) is 25.9. The summed E-state index contributed by atoms with van der Waals surface area (Å²) in [5.74, 6) is 0.374. The fraction of sp³-hybridized carbons (Fsp3) is 0.286. The average molecular weight is 564 g/mol. The number of thioether (sulfide) groups is 1. The van der Waals surface area contributed by atoms with Crippen LogP contribution in [0.15, 0.2) is 72.8 Å². The first-order valence-electron chi connectivity index (χ1n) is 11.7. The molecule has 0 spiro atoms. The van der Waals surface area contributed by atoms with Gasteiger partial charge >= 0.3 is 0 Å². The number of hydrogen-bond donors (Lipinski definition) is 1. The summed E-state index contributed by atoms with van der Waals surface area (Å²) < 4.78 is 0. The van der Waals surface area contributed by atoms with Gasteiger partial charge in [-0.1, -0.05) is 90.3 Å². The normalized spacial score (nSPS) is 11.7. The molecule has 3 aromatic carbocycles. The van der Waals surface area contributed by atoms with E-state index in [4.69, 9.17) is 34.8 Å². The lowest BCUT2D eigenvalue weighted by Crippen LogP contribution is -2.51. The van der Waals surface area contributed by atoms with Gasteiger partial charge in [-0.25, -0.2) is 0 Å². The van der Waals surface area contributed by atoms with Gasteiger partial charge < -0.3 is 10.2 Å². The van der Waals surface area contributed by atoms with E-state index in [1.165, 1.54) is 11.8 Å². The van der Waals surface area contributed by atoms with Gasteiger partial charge in [-0.15, -0.1) is 11.8 Å². The van der Waals surface area contributed by atoms with Crippen molar-refractivity contribution in [3.05, 3.63) is 105 Å². The largest absolute Gasteiger partial charge is 0.354 e. The Morgan fingerprint density at radius 2 is 1.56 bits per heavy atom. The van der Waals surface area contributed by atoms with Crippen LogP contribution in [0.5, 0.6) is 0 Å². The first-order chi connectivity index (χ1) is 17.4. The van der Waals surface area contributed by atoms with Crippen molar-refractivity contribution in [3.63, 3.8) is 0 Å². The van der Waals surface area contributed by atoms with E-state index in [2.05, 4.69) is 5.32 Å². The van der Waals surface area contributed by atoms with Gasteiger partial charge in [0.25, 0.3) is 0 Å². The molecule has 0 saturated carbocycles. The lowest BCUT2D eigenvalue weighted by Gasteiger charge is -2.31. The highest BCUT2D eigenvalue weighted by Gasteiger charge is 2.30. The molecule has 0 aliphatic heterocycles. The molecule has 1 atom stereocenters. The number of hydrogen-bond acceptors (Lipinski definition) is 3. The highest BCUT2D eigenvalue weighted by Crippen LogP contribution is 2.28. The minimum Gasteiger partial charge on any atom is -0.354 e. The molecule has 8 heteroatoms. The molecule has 0 heterocycles. The maximum absolute atomic E-state index is 13.6. The standard InChI is InChI=1S/C28H29Cl3N2O2S/c1-2-15-32-28(35)26(16-20-7-4-3-5-8-20)33(17-21-11-13-22(29)14-12-21)27(34)19-36-18-23-24(30)9-6-10-25(23)31/h3-14,26H,2,15-19H2,1H3,(H,32,35)/t26-/m0/s1. The average Bonchev–Trinajstić information content (AvgIpc) is 2.88. The topological polar surface area (TPSA) is 49.4 Å². The van der Waals surface area contributed by atoms with E-state index in [-0.39, 0.29) is 17.6 Å². The van der Waals surface area contributed by atoms with Crippen LogP contribution >= 0.6 is 46.6 Å². The van der Waals surface area contributed by atoms with E-state index in [9.17, 15) is 9.59 Å². The summed E-state index contributed by atoms with van der Waals surface area (Å²) in [5.41, 5.74) is 2.68. The van der Waals surface area contributed by atoms with Crippen LogP contribution in [0.2, 0.25) is 15.1 Å². The summed E-state index contributed by atoms with van der Waals surface area (Å²) in [7, 11) is 0. The molecule has 4 nitrogen and oxygen atoms in total. The van der Waals surface area contributed by atoms with Crippen LogP contribution in [0, 0.1) is 0 Å². The molecular weight excluding hydrogens is 535 g/mol. The molecule has 0 radical (unpaired) electrons. The van der Waals surface area contributed by atoms with Gasteiger partial charge in [-0.3, -0.25) is 9.59 Å². The molecular formula is C28H29Cl3N2O2S. The van der Waals surface area contributed by atoms with Crippen LogP contribution in [-0.2, 0) is 28.3 Å². The first-order valence-corrected chi connectivity index (χ1v) is 14.0. The molecule has 0 aliphatic rings. The van der Waals surface area contributed by atoms with Crippen molar-refractivity contribution in [2.75, 3.05) is 12.3 Å². The highest BCUT2D eigenvalue weighted by molar-refractivity contribution is 7.99. The molecule has 3 aromatic rings. The summed E-state index contributed by atoms with van der Waals surface area (Å²) in [5, 5.41) is 4.74. The first kappa shape index (κ1) is 28.4. The SMILES string of the molecule is CCCNC(=O)[C@H](Cc1ccccc1)N(Cc1ccc(Cl)cc1)C(=O)CSCc1c(Cl)cccc1Cl. The number of amides is 2. The van der Waals surface area contributed by atoms with Crippen molar-refractivity contribution < 1.29 is 9.59 Å². The van der Waals surface area contributed by atoms with Crippen LogP contribution < -0.4 is 5.32 Å². The summed E-state index contributed by atoms with van der Waals surface area (Å²) >= 11 is 20.1. The summed E-state index contributed by atoms with van der Waals surface area (Å²) in [6.07, 6.45) is 1.22. The summed E-state index contributed by atoms with van der Waals surface area (Å²) in [4.78, 5) is 28.6. The van der Waals surface area contributed by atoms with Crippen LogP contribution in [0.3, 0.4) is 0 Å². The van der Waals surface area contributed by atoms with Gasteiger partial charge in [0.15, 0.2) is 0 Å². The molecule has 0 saturated heterocycles. The van der Waals surface area contributed by atoms with Gasteiger partial charge in [-0.05, 0) is 47.4 Å². The lowest BCUT2D eigenvalue weighted by atomic mass is 10.0. The van der Waals surface area contributed by atoms with E-state index in [1.54, 1.807) is 35.2 Å². The number of rotatable bonds is 12. The van der Waals surface area contributed by atoms with Crippen molar-refractivity contribution in [2.24, 2.45) is 0 Å². The number of benzene rings is 3. The summed E-state index contributed by atoms with van der Waals surface area (Å²) in [6.45, 7) is 2.84. The van der Waals surface area contributed by atoms with Crippen molar-refractivity contribution in [1.29, 1.82) is 0 Å². The van der Waals surface area contributed by atoms with E-state index < -0.39 is 6.04 Å². The van der Waals surface area contributed by atoms with E-state index in [0.717, 1.165) is 23.1 Å². The smallest absolute Gasteiger partial charge is 0.243 e. The Kier molecular flexibility index (Phi) is 11.5. The molecule has 0 aromatic heterocycles. The number of nitrogens with one attached hydrogen (secondary N) is 1. The third-order valence-electron chi connectivity index (χ3n) is 5.62. The van der Waals surface area contributed by atoms with Gasteiger partial charge in [-0.2, -0.15) is 0 Å². The highest BCUT2D eigenvalue weighted by atomic mass is 35.5. The molecule has 2 amide bonds. The van der Waals surface area contributed by atoms with Crippen molar-refractivity contribution in [3.8, 4) is 0 Å². The monoisotopic (exact) mass is 562 g/mol. The molecule has 3 rings (SSSR count). The number of carbonyl (C=O) groups is 2. The third-order valence-corrected chi connectivity index (χ3v) is 7.52. The molecule has 1 N–H and O–H groups in total. The Labute approximate surface area is 232 Å². The fourth-order valence-electron chi connectivity index (χ4n) is 3.70. The van der Waals surface area contributed by atoms with E-state index in [0.29, 0.717) is 40.3 Å². The zero-order valence-electron chi connectivity index (χ0n) is 20.1.